The zero-order chi connectivity index (χ0) is 23.8. The van der Waals surface area contributed by atoms with Gasteiger partial charge >= 0.3 is 0 Å². The maximum atomic E-state index is 12.4. The largest absolute Gasteiger partial charge is 0.493 e. The number of pyridine rings is 1. The van der Waals surface area contributed by atoms with Crippen LogP contribution in [0.3, 0.4) is 0 Å². The van der Waals surface area contributed by atoms with Crippen LogP contribution in [0.5, 0.6) is 11.5 Å². The Kier molecular flexibility index (Phi) is 7.51. The lowest BCUT2D eigenvalue weighted by Gasteiger charge is -2.10. The summed E-state index contributed by atoms with van der Waals surface area (Å²) >= 11 is 1.27. The van der Waals surface area contributed by atoms with Gasteiger partial charge in [-0.2, -0.15) is 5.10 Å². The van der Waals surface area contributed by atoms with Crippen molar-refractivity contribution in [2.75, 3.05) is 20.0 Å². The normalized spacial score (nSPS) is 10.9. The number of hydrogen-bond donors (Lipinski definition) is 1. The molecule has 2 heterocycles. The summed E-state index contributed by atoms with van der Waals surface area (Å²) in [7, 11) is 3.11. The molecule has 4 rings (SSSR count). The van der Waals surface area contributed by atoms with Gasteiger partial charge in [0, 0.05) is 29.2 Å². The number of benzene rings is 2. The van der Waals surface area contributed by atoms with Crippen molar-refractivity contribution in [3.63, 3.8) is 0 Å². The van der Waals surface area contributed by atoms with Gasteiger partial charge in [0.15, 0.2) is 22.5 Å². The van der Waals surface area contributed by atoms with Crippen LogP contribution < -0.4 is 14.9 Å². The Morgan fingerprint density at radius 3 is 2.56 bits per heavy atom. The lowest BCUT2D eigenvalue weighted by Crippen LogP contribution is -2.20. The third kappa shape index (κ3) is 5.24. The average molecular weight is 475 g/mol. The molecular weight excluding hydrogens is 452 g/mol. The second kappa shape index (κ2) is 11.1. The van der Waals surface area contributed by atoms with Crippen molar-refractivity contribution in [2.24, 2.45) is 5.10 Å². The molecule has 0 aliphatic carbocycles. The molecule has 0 atom stereocenters. The number of thioether (sulfide) groups is 1. The number of hydrazone groups is 1. The molecule has 0 saturated heterocycles. The van der Waals surface area contributed by atoms with Gasteiger partial charge in [0.1, 0.15) is 0 Å². The summed E-state index contributed by atoms with van der Waals surface area (Å²) in [5.41, 5.74) is 4.99. The summed E-state index contributed by atoms with van der Waals surface area (Å²) in [5, 5.41) is 13.3. The van der Waals surface area contributed by atoms with E-state index in [-0.39, 0.29) is 11.7 Å². The highest BCUT2D eigenvalue weighted by atomic mass is 32.2. The van der Waals surface area contributed by atoms with Crippen LogP contribution in [0.2, 0.25) is 0 Å². The fourth-order valence-electron chi connectivity index (χ4n) is 3.21. The molecule has 0 radical (unpaired) electrons. The first-order chi connectivity index (χ1) is 16.7. The van der Waals surface area contributed by atoms with Crippen LogP contribution in [0.4, 0.5) is 0 Å². The molecule has 0 aliphatic rings. The minimum Gasteiger partial charge on any atom is -0.493 e. The van der Waals surface area contributed by atoms with E-state index in [1.165, 1.54) is 18.0 Å². The third-order valence-electron chi connectivity index (χ3n) is 4.74. The Balaban J connectivity index is 1.47. The molecule has 0 unspecified atom stereocenters. The van der Waals surface area contributed by atoms with Gasteiger partial charge < -0.3 is 9.47 Å². The highest BCUT2D eigenvalue weighted by Gasteiger charge is 2.17. The van der Waals surface area contributed by atoms with Crippen molar-refractivity contribution in [1.29, 1.82) is 0 Å². The number of hydrogen-bond acceptors (Lipinski definition) is 8. The first kappa shape index (κ1) is 23.0. The predicted molar refractivity (Wildman–Crippen MR) is 131 cm³/mol. The SMILES string of the molecule is COc1cccc(C=NNC(=O)CSc2nnc(-c3ccncc3)n2-c2ccccc2)c1OC. The number of carbonyl (C=O) groups excluding carboxylic acids is 1. The van der Waals surface area contributed by atoms with E-state index in [2.05, 4.69) is 25.7 Å². The number of amides is 1. The molecule has 1 N–H and O–H groups in total. The molecule has 0 spiro atoms. The second-order valence-corrected chi connectivity index (χ2v) is 7.82. The Morgan fingerprint density at radius 1 is 1.03 bits per heavy atom. The Morgan fingerprint density at radius 2 is 1.82 bits per heavy atom. The maximum absolute atomic E-state index is 12.4. The summed E-state index contributed by atoms with van der Waals surface area (Å²) < 4.78 is 12.6. The molecule has 0 saturated carbocycles. The Bertz CT molecular complexity index is 1280. The maximum Gasteiger partial charge on any atom is 0.250 e. The number of nitrogens with zero attached hydrogens (tertiary/aromatic N) is 5. The molecule has 4 aromatic rings. The Labute approximate surface area is 200 Å². The Hall–Kier alpha value is -4.18. The topological polar surface area (TPSA) is 104 Å². The van der Waals surface area contributed by atoms with Crippen LogP contribution in [0.1, 0.15) is 5.56 Å². The van der Waals surface area contributed by atoms with Crippen LogP contribution in [0, 0.1) is 0 Å². The number of aromatic nitrogens is 4. The van der Waals surface area contributed by atoms with Crippen LogP contribution in [0.25, 0.3) is 17.1 Å². The van der Waals surface area contributed by atoms with Gasteiger partial charge in [0.25, 0.3) is 5.91 Å². The lowest BCUT2D eigenvalue weighted by molar-refractivity contribution is -0.118. The van der Waals surface area contributed by atoms with E-state index in [0.29, 0.717) is 28.0 Å². The lowest BCUT2D eigenvalue weighted by atomic mass is 10.2. The highest BCUT2D eigenvalue weighted by molar-refractivity contribution is 7.99. The van der Waals surface area contributed by atoms with E-state index in [1.54, 1.807) is 32.7 Å². The van der Waals surface area contributed by atoms with Crippen molar-refractivity contribution in [1.82, 2.24) is 25.2 Å². The van der Waals surface area contributed by atoms with Crippen LogP contribution in [-0.2, 0) is 4.79 Å². The summed E-state index contributed by atoms with van der Waals surface area (Å²) in [6.07, 6.45) is 4.92. The third-order valence-corrected chi connectivity index (χ3v) is 5.67. The predicted octanol–water partition coefficient (Wildman–Crippen LogP) is 3.59. The van der Waals surface area contributed by atoms with Gasteiger partial charge in [-0.15, -0.1) is 10.2 Å². The van der Waals surface area contributed by atoms with E-state index < -0.39 is 0 Å². The van der Waals surface area contributed by atoms with Crippen molar-refractivity contribution in [2.45, 2.75) is 5.16 Å². The molecule has 0 bridgehead atoms. The molecule has 10 heteroatoms. The smallest absolute Gasteiger partial charge is 0.250 e. The van der Waals surface area contributed by atoms with E-state index >= 15 is 0 Å². The van der Waals surface area contributed by atoms with Gasteiger partial charge in [-0.3, -0.25) is 14.3 Å². The molecule has 2 aromatic carbocycles. The first-order valence-electron chi connectivity index (χ1n) is 10.3. The van der Waals surface area contributed by atoms with Gasteiger partial charge in [0.2, 0.25) is 0 Å². The van der Waals surface area contributed by atoms with Gasteiger partial charge in [-0.25, -0.2) is 5.43 Å². The highest BCUT2D eigenvalue weighted by Crippen LogP contribution is 2.29. The molecule has 172 valence electrons. The number of methoxy groups -OCH3 is 2. The van der Waals surface area contributed by atoms with E-state index in [9.17, 15) is 4.79 Å². The van der Waals surface area contributed by atoms with Crippen LogP contribution in [0.15, 0.2) is 83.3 Å². The van der Waals surface area contributed by atoms with Crippen molar-refractivity contribution in [3.05, 3.63) is 78.6 Å². The van der Waals surface area contributed by atoms with E-state index in [4.69, 9.17) is 9.47 Å². The van der Waals surface area contributed by atoms with Crippen LogP contribution >= 0.6 is 11.8 Å². The minimum atomic E-state index is -0.281. The summed E-state index contributed by atoms with van der Waals surface area (Å²) in [4.78, 5) is 16.5. The van der Waals surface area contributed by atoms with Gasteiger partial charge in [-0.1, -0.05) is 36.0 Å². The van der Waals surface area contributed by atoms with E-state index in [1.807, 2.05) is 59.2 Å². The zero-order valence-corrected chi connectivity index (χ0v) is 19.4. The first-order valence-corrected chi connectivity index (χ1v) is 11.3. The fourth-order valence-corrected chi connectivity index (χ4v) is 3.96. The van der Waals surface area contributed by atoms with Crippen molar-refractivity contribution >= 4 is 23.9 Å². The van der Waals surface area contributed by atoms with Crippen molar-refractivity contribution < 1.29 is 14.3 Å². The molecule has 1 amide bonds. The number of para-hydroxylation sites is 2. The molecule has 2 aromatic heterocycles. The summed E-state index contributed by atoms with van der Waals surface area (Å²) in [6, 6.07) is 18.9. The van der Waals surface area contributed by atoms with Crippen molar-refractivity contribution in [3.8, 4) is 28.6 Å². The summed E-state index contributed by atoms with van der Waals surface area (Å²) in [6.45, 7) is 0. The fraction of sp³-hybridized carbons (Fsp3) is 0.125. The monoisotopic (exact) mass is 474 g/mol. The zero-order valence-electron chi connectivity index (χ0n) is 18.6. The van der Waals surface area contributed by atoms with Gasteiger partial charge in [-0.05, 0) is 36.4 Å². The van der Waals surface area contributed by atoms with E-state index in [0.717, 1.165) is 11.3 Å². The quantitative estimate of drug-likeness (QED) is 0.225. The molecule has 0 aliphatic heterocycles. The number of ether oxygens (including phenoxy) is 2. The van der Waals surface area contributed by atoms with Crippen LogP contribution in [-0.4, -0.2) is 51.8 Å². The number of nitrogens with one attached hydrogen (secondary N) is 1. The minimum absolute atomic E-state index is 0.105. The average Bonchev–Trinajstić information content (AvgIpc) is 3.32. The standard InChI is InChI=1S/C24H22N6O3S/c1-32-20-10-6-7-18(22(20)33-2)15-26-27-21(31)16-34-24-29-28-23(17-11-13-25-14-12-17)30(24)19-8-4-3-5-9-19/h3-15H,16H2,1-2H3,(H,27,31). The molecule has 9 nitrogen and oxygen atoms in total. The number of rotatable bonds is 9. The second-order valence-electron chi connectivity index (χ2n) is 6.88. The molecule has 34 heavy (non-hydrogen) atoms. The van der Waals surface area contributed by atoms with Gasteiger partial charge in [0.05, 0.1) is 26.2 Å². The number of carbonyl (C=O) groups is 1. The molecule has 0 fully saturated rings. The summed E-state index contributed by atoms with van der Waals surface area (Å²) in [5.74, 6) is 1.61. The molecular formula is C24H22N6O3S.